The van der Waals surface area contributed by atoms with Crippen LogP contribution in [0.25, 0.3) is 10.9 Å². The molecule has 1 aromatic heterocycles. The molecule has 0 spiro atoms. The van der Waals surface area contributed by atoms with Gasteiger partial charge in [0.05, 0.1) is 29.6 Å². The second kappa shape index (κ2) is 14.2. The number of piperidine rings is 1. The van der Waals surface area contributed by atoms with Crippen molar-refractivity contribution in [3.05, 3.63) is 57.6 Å². The van der Waals surface area contributed by atoms with Gasteiger partial charge in [-0.1, -0.05) is 13.8 Å². The number of rotatable bonds is 11. The maximum absolute atomic E-state index is 16.1. The molecule has 3 unspecified atom stereocenters. The number of methoxy groups -OCH3 is 1. The summed E-state index contributed by atoms with van der Waals surface area (Å²) in [6.07, 6.45) is 3.76. The number of carbonyl (C=O) groups is 2. The zero-order valence-electron chi connectivity index (χ0n) is 29.4. The highest BCUT2D eigenvalue weighted by Gasteiger charge is 2.44. The highest BCUT2D eigenvalue weighted by Crippen LogP contribution is 2.50. The largest absolute Gasteiger partial charge is 0.524 e. The number of hydrogen-bond donors (Lipinski definition) is 7. The zero-order valence-corrected chi connectivity index (χ0v) is 32.1. The number of phosphoric acid groups is 1. The van der Waals surface area contributed by atoms with Gasteiger partial charge in [0.1, 0.15) is 17.0 Å². The number of nitrogens with zero attached hydrogens (tertiary/aromatic N) is 3. The SMILES string of the molecule is COc1c(N2CC3CCCN(C(=O)CC(C)(C)c4cc(P(=O)(O)C=P(O)(O)O)ccc4OP(=O)(O)O)C3C2)c(F)cc2c(=O)c(C(=O)O)cn(C3CC3)c12. The number of hydrogen-bond acceptors (Lipinski definition) is 11. The van der Waals surface area contributed by atoms with Crippen molar-refractivity contribution in [1.82, 2.24) is 9.47 Å². The number of aromatic carboxylic acids is 1. The van der Waals surface area contributed by atoms with Crippen LogP contribution in [0.3, 0.4) is 0 Å². The number of fused-ring (bicyclic) bond motifs is 2. The molecule has 3 heterocycles. The number of aromatic nitrogens is 1. The van der Waals surface area contributed by atoms with E-state index in [9.17, 15) is 58.0 Å². The first-order chi connectivity index (χ1) is 25.0. The van der Waals surface area contributed by atoms with Gasteiger partial charge < -0.3 is 48.3 Å². The molecule has 0 bridgehead atoms. The molecule has 3 aromatic rings. The Morgan fingerprint density at radius 3 is 2.31 bits per heavy atom. The molecule has 3 fully saturated rings. The van der Waals surface area contributed by atoms with Crippen molar-refractivity contribution >= 4 is 62.1 Å². The van der Waals surface area contributed by atoms with Gasteiger partial charge in [-0.25, -0.2) is 13.8 Å². The molecule has 0 radical (unpaired) electrons. The van der Waals surface area contributed by atoms with Gasteiger partial charge in [-0.2, -0.15) is 0 Å². The van der Waals surface area contributed by atoms with Gasteiger partial charge >= 0.3 is 13.8 Å². The van der Waals surface area contributed by atoms with Crippen LogP contribution in [0.4, 0.5) is 10.1 Å². The van der Waals surface area contributed by atoms with Crippen molar-refractivity contribution in [3.8, 4) is 11.5 Å². The molecule has 294 valence electrons. The monoisotopic (exact) mass is 815 g/mol. The summed E-state index contributed by atoms with van der Waals surface area (Å²) in [5, 5.41) is 9.12. The summed E-state index contributed by atoms with van der Waals surface area (Å²) in [5.41, 5.74) is -2.24. The number of carbonyl (C=O) groups excluding carboxylic acids is 1. The summed E-state index contributed by atoms with van der Waals surface area (Å²) in [5.74, 6) is -3.05. The number of carboxylic acid groups (broad SMARTS) is 1. The van der Waals surface area contributed by atoms with E-state index in [1.54, 1.807) is 28.2 Å². The van der Waals surface area contributed by atoms with Crippen molar-refractivity contribution in [3.63, 3.8) is 0 Å². The number of phosphoric ester groups is 1. The maximum atomic E-state index is 16.1. The third kappa shape index (κ3) is 8.04. The molecule has 6 rings (SSSR count). The molecule has 3 atom stereocenters. The Bertz CT molecular complexity index is 2260. The third-order valence-corrected chi connectivity index (χ3v) is 14.1. The van der Waals surface area contributed by atoms with Crippen LogP contribution in [0.5, 0.6) is 11.5 Å². The first kappa shape index (κ1) is 40.1. The fraction of sp³-hybridized carbons (Fsp3) is 0.455. The van der Waals surface area contributed by atoms with E-state index in [0.29, 0.717) is 25.9 Å². The molecule has 1 amide bonds. The fourth-order valence-corrected chi connectivity index (χ4v) is 10.9. The maximum Gasteiger partial charge on any atom is 0.524 e. The highest BCUT2D eigenvalue weighted by molar-refractivity contribution is 7.91. The standard InChI is InChI=1S/C33H41FN3O14P3/c1-33(2,23-11-20(52(42,43)17-53(44,45)46)8-9-26(23)51-54(47,48)49)13-27(38)36-10-4-5-18-14-35(16-25(18)36)29-24(34)12-21-28(31(29)50-3)37(19-6-7-19)15-22(30(21)39)32(40)41/h8-9,11-12,15,17-19,25,44-46H,4-7,10,13-14,16H2,1-3H3,(H,40,41)(H,42,43)(H2,47,48,49). The average Bonchev–Trinajstić information content (AvgIpc) is 3.79. The van der Waals surface area contributed by atoms with Gasteiger partial charge in [0, 0.05) is 54.6 Å². The van der Waals surface area contributed by atoms with Crippen LogP contribution in [-0.4, -0.2) is 94.1 Å². The van der Waals surface area contributed by atoms with Crippen LogP contribution in [0, 0.1) is 11.7 Å². The molecular formula is C33H41FN3O14P3. The summed E-state index contributed by atoms with van der Waals surface area (Å²) in [7, 11) is -13.4. The fourth-order valence-electron chi connectivity index (χ4n) is 7.70. The summed E-state index contributed by atoms with van der Waals surface area (Å²) < 4.78 is 53.3. The summed E-state index contributed by atoms with van der Waals surface area (Å²) in [6.45, 7) is 3.94. The lowest BCUT2D eigenvalue weighted by Gasteiger charge is -2.39. The Balaban J connectivity index is 1.33. The van der Waals surface area contributed by atoms with Gasteiger partial charge in [0.2, 0.25) is 11.3 Å². The smallest absolute Gasteiger partial charge is 0.492 e. The lowest BCUT2D eigenvalue weighted by atomic mass is 9.80. The normalized spacial score (nSPS) is 20.4. The van der Waals surface area contributed by atoms with Crippen LogP contribution < -0.4 is 24.9 Å². The minimum Gasteiger partial charge on any atom is -0.492 e. The van der Waals surface area contributed by atoms with Crippen molar-refractivity contribution in [2.24, 2.45) is 5.92 Å². The second-order valence-electron chi connectivity index (χ2n) is 14.6. The van der Waals surface area contributed by atoms with Crippen molar-refractivity contribution in [1.29, 1.82) is 0 Å². The number of likely N-dealkylation sites (tertiary alicyclic amines) is 1. The number of anilines is 1. The molecular weight excluding hydrogens is 774 g/mol. The highest BCUT2D eigenvalue weighted by atomic mass is 31.2. The van der Waals surface area contributed by atoms with Crippen molar-refractivity contribution in [2.75, 3.05) is 31.6 Å². The van der Waals surface area contributed by atoms with E-state index >= 15 is 4.39 Å². The summed E-state index contributed by atoms with van der Waals surface area (Å²) in [6, 6.07) is 3.55. The van der Waals surface area contributed by atoms with E-state index in [1.165, 1.54) is 13.3 Å². The molecule has 7 N–H and O–H groups in total. The topological polar surface area (TPSA) is 257 Å². The lowest BCUT2D eigenvalue weighted by Crippen LogP contribution is -2.49. The van der Waals surface area contributed by atoms with E-state index in [1.807, 2.05) is 0 Å². The molecule has 2 saturated heterocycles. The minimum atomic E-state index is -5.17. The van der Waals surface area contributed by atoms with Gasteiger partial charge in [-0.05, 0) is 55.9 Å². The zero-order chi connectivity index (χ0) is 39.7. The van der Waals surface area contributed by atoms with Gasteiger partial charge in [-0.15, -0.1) is 0 Å². The van der Waals surface area contributed by atoms with Crippen LogP contribution in [0.1, 0.15) is 67.9 Å². The van der Waals surface area contributed by atoms with Crippen LogP contribution in [0.2, 0.25) is 0 Å². The van der Waals surface area contributed by atoms with E-state index in [-0.39, 0.29) is 64.3 Å². The average molecular weight is 816 g/mol. The van der Waals surface area contributed by atoms with Gasteiger partial charge in [-0.3, -0.25) is 23.9 Å². The number of carboxylic acids is 1. The predicted molar refractivity (Wildman–Crippen MR) is 196 cm³/mol. The number of pyridine rings is 1. The Labute approximate surface area is 308 Å². The van der Waals surface area contributed by atoms with E-state index < -0.39 is 68.0 Å². The Kier molecular flexibility index (Phi) is 10.5. The summed E-state index contributed by atoms with van der Waals surface area (Å²) >= 11 is 0. The number of amides is 1. The van der Waals surface area contributed by atoms with Gasteiger partial charge in [0.25, 0.3) is 14.9 Å². The van der Waals surface area contributed by atoms with E-state index in [2.05, 4.69) is 0 Å². The van der Waals surface area contributed by atoms with Gasteiger partial charge in [0.15, 0.2) is 11.6 Å². The Morgan fingerprint density at radius 1 is 1.04 bits per heavy atom. The molecule has 1 aliphatic carbocycles. The second-order valence-corrected chi connectivity index (χ2v) is 19.7. The minimum absolute atomic E-state index is 0.0607. The first-order valence-electron chi connectivity index (χ1n) is 16.9. The lowest BCUT2D eigenvalue weighted by molar-refractivity contribution is -0.136. The molecule has 2 aliphatic heterocycles. The van der Waals surface area contributed by atoms with E-state index in [4.69, 9.17) is 9.26 Å². The summed E-state index contributed by atoms with van der Waals surface area (Å²) in [4.78, 5) is 101. The molecule has 3 aliphatic rings. The molecule has 1 saturated carbocycles. The number of ether oxygens (including phenoxy) is 1. The third-order valence-electron chi connectivity index (χ3n) is 10.2. The van der Waals surface area contributed by atoms with Crippen LogP contribution in [0.15, 0.2) is 35.3 Å². The number of benzene rings is 2. The molecule has 21 heteroatoms. The Morgan fingerprint density at radius 2 is 1.72 bits per heavy atom. The number of halogens is 1. The molecule has 54 heavy (non-hydrogen) atoms. The molecule has 17 nitrogen and oxygen atoms in total. The Hall–Kier alpha value is -3.56. The van der Waals surface area contributed by atoms with E-state index in [0.717, 1.165) is 37.1 Å². The first-order valence-corrected chi connectivity index (χ1v) is 21.9. The van der Waals surface area contributed by atoms with Crippen LogP contribution in [-0.2, 0) is 19.3 Å². The van der Waals surface area contributed by atoms with Crippen molar-refractivity contribution in [2.45, 2.75) is 63.5 Å². The predicted octanol–water partition coefficient (Wildman–Crippen LogP) is 2.84. The quantitative estimate of drug-likeness (QED) is 0.137. The molecule has 2 aromatic carbocycles. The van der Waals surface area contributed by atoms with Crippen molar-refractivity contribution < 1.29 is 66.8 Å². The van der Waals surface area contributed by atoms with Crippen LogP contribution >= 0.6 is 22.8 Å².